The van der Waals surface area contributed by atoms with Crippen molar-refractivity contribution in [3.05, 3.63) is 35.2 Å². The molecule has 2 heteroatoms. The minimum atomic E-state index is -0.252. The monoisotopic (exact) mass is 192 g/mol. The van der Waals surface area contributed by atoms with Gasteiger partial charge in [-0.25, -0.2) is 0 Å². The third kappa shape index (κ3) is 1.90. The highest BCUT2D eigenvalue weighted by Gasteiger charge is 2.00. The minimum absolute atomic E-state index is 0.252. The van der Waals surface area contributed by atoms with Crippen molar-refractivity contribution in [2.45, 2.75) is 19.4 Å². The van der Waals surface area contributed by atoms with E-state index >= 15 is 0 Å². The van der Waals surface area contributed by atoms with Gasteiger partial charge in [0.05, 0.1) is 6.10 Å². The van der Waals surface area contributed by atoms with Gasteiger partial charge in [-0.05, 0) is 41.8 Å². The van der Waals surface area contributed by atoms with Gasteiger partial charge >= 0.3 is 0 Å². The Bertz CT molecular complexity index is 403. The molecule has 13 heavy (non-hydrogen) atoms. The van der Waals surface area contributed by atoms with E-state index < -0.39 is 0 Å². The zero-order chi connectivity index (χ0) is 9.26. The first kappa shape index (κ1) is 8.73. The van der Waals surface area contributed by atoms with Gasteiger partial charge in [-0.1, -0.05) is 12.1 Å². The van der Waals surface area contributed by atoms with E-state index in [-0.39, 0.29) is 6.10 Å². The first-order chi connectivity index (χ1) is 6.25. The maximum Gasteiger partial charge on any atom is 0.0552 e. The number of aliphatic hydroxyl groups excluding tert-OH is 1. The van der Waals surface area contributed by atoms with Crippen molar-refractivity contribution < 1.29 is 5.11 Å². The van der Waals surface area contributed by atoms with Crippen LogP contribution >= 0.6 is 11.3 Å². The molecule has 1 N–H and O–H groups in total. The van der Waals surface area contributed by atoms with Crippen LogP contribution in [0.4, 0.5) is 0 Å². The van der Waals surface area contributed by atoms with Gasteiger partial charge in [0.1, 0.15) is 0 Å². The molecular weight excluding hydrogens is 180 g/mol. The second-order valence-electron chi connectivity index (χ2n) is 3.35. The first-order valence-electron chi connectivity index (χ1n) is 4.40. The Balaban J connectivity index is 2.37. The van der Waals surface area contributed by atoms with Crippen LogP contribution in [-0.2, 0) is 6.42 Å². The van der Waals surface area contributed by atoms with Gasteiger partial charge in [-0.2, -0.15) is 0 Å². The fourth-order valence-corrected chi connectivity index (χ4v) is 2.32. The van der Waals surface area contributed by atoms with Gasteiger partial charge < -0.3 is 5.11 Å². The lowest BCUT2D eigenvalue weighted by atomic mass is 10.1. The van der Waals surface area contributed by atoms with Gasteiger partial charge in [0.25, 0.3) is 0 Å². The molecule has 0 aliphatic heterocycles. The number of hydrogen-bond acceptors (Lipinski definition) is 2. The van der Waals surface area contributed by atoms with E-state index in [1.807, 2.05) is 6.92 Å². The Morgan fingerprint density at radius 2 is 2.23 bits per heavy atom. The molecule has 1 atom stereocenters. The molecule has 2 aromatic rings. The molecule has 0 amide bonds. The standard InChI is InChI=1S/C11H12OS/c1-8(12)6-9-2-3-10-4-5-13-11(10)7-9/h2-5,7-8,12H,6H2,1H3. The molecular formula is C11H12OS. The number of aliphatic hydroxyl groups is 1. The van der Waals surface area contributed by atoms with Gasteiger partial charge in [-0.3, -0.25) is 0 Å². The highest BCUT2D eigenvalue weighted by molar-refractivity contribution is 7.17. The van der Waals surface area contributed by atoms with Crippen molar-refractivity contribution in [1.29, 1.82) is 0 Å². The van der Waals surface area contributed by atoms with Gasteiger partial charge in [-0.15, -0.1) is 11.3 Å². The van der Waals surface area contributed by atoms with Crippen LogP contribution < -0.4 is 0 Å². The predicted molar refractivity (Wildman–Crippen MR) is 57.2 cm³/mol. The largest absolute Gasteiger partial charge is 0.393 e. The second-order valence-corrected chi connectivity index (χ2v) is 4.29. The summed E-state index contributed by atoms with van der Waals surface area (Å²) < 4.78 is 1.30. The van der Waals surface area contributed by atoms with E-state index in [9.17, 15) is 5.11 Å². The molecule has 0 aliphatic carbocycles. The molecule has 0 spiro atoms. The Morgan fingerprint density at radius 3 is 3.00 bits per heavy atom. The van der Waals surface area contributed by atoms with Crippen LogP contribution in [0.2, 0.25) is 0 Å². The van der Waals surface area contributed by atoms with E-state index in [4.69, 9.17) is 0 Å². The summed E-state index contributed by atoms with van der Waals surface area (Å²) in [6.45, 7) is 1.82. The van der Waals surface area contributed by atoms with Gasteiger partial charge in [0.2, 0.25) is 0 Å². The van der Waals surface area contributed by atoms with Crippen LogP contribution in [0.3, 0.4) is 0 Å². The topological polar surface area (TPSA) is 20.2 Å². The molecule has 0 radical (unpaired) electrons. The quantitative estimate of drug-likeness (QED) is 0.775. The highest BCUT2D eigenvalue weighted by Crippen LogP contribution is 2.22. The van der Waals surface area contributed by atoms with Gasteiger partial charge in [0, 0.05) is 4.70 Å². The third-order valence-corrected chi connectivity index (χ3v) is 2.93. The normalized spacial score (nSPS) is 13.4. The number of benzene rings is 1. The predicted octanol–water partition coefficient (Wildman–Crippen LogP) is 2.82. The number of hydrogen-bond donors (Lipinski definition) is 1. The molecule has 0 fully saturated rings. The zero-order valence-corrected chi connectivity index (χ0v) is 8.34. The van der Waals surface area contributed by atoms with Crippen molar-refractivity contribution in [3.8, 4) is 0 Å². The molecule has 68 valence electrons. The van der Waals surface area contributed by atoms with Crippen molar-refractivity contribution in [3.63, 3.8) is 0 Å². The summed E-state index contributed by atoms with van der Waals surface area (Å²) in [5, 5.41) is 12.6. The molecule has 0 aliphatic rings. The first-order valence-corrected chi connectivity index (χ1v) is 5.28. The van der Waals surface area contributed by atoms with Crippen molar-refractivity contribution in [2.24, 2.45) is 0 Å². The Morgan fingerprint density at radius 1 is 1.38 bits per heavy atom. The summed E-state index contributed by atoms with van der Waals surface area (Å²) in [6.07, 6.45) is 0.491. The van der Waals surface area contributed by atoms with Gasteiger partial charge in [0.15, 0.2) is 0 Å². The summed E-state index contributed by atoms with van der Waals surface area (Å²) in [6, 6.07) is 8.48. The van der Waals surface area contributed by atoms with Crippen molar-refractivity contribution in [1.82, 2.24) is 0 Å². The maximum absolute atomic E-state index is 9.23. The van der Waals surface area contributed by atoms with E-state index in [1.165, 1.54) is 15.6 Å². The van der Waals surface area contributed by atoms with Crippen molar-refractivity contribution >= 4 is 21.4 Å². The fraction of sp³-hybridized carbons (Fsp3) is 0.273. The molecule has 1 heterocycles. The zero-order valence-electron chi connectivity index (χ0n) is 7.53. The van der Waals surface area contributed by atoms with Crippen LogP contribution in [0.15, 0.2) is 29.6 Å². The van der Waals surface area contributed by atoms with E-state index in [2.05, 4.69) is 29.6 Å². The lowest BCUT2D eigenvalue weighted by Crippen LogP contribution is -2.03. The summed E-state index contributed by atoms with van der Waals surface area (Å²) >= 11 is 1.75. The molecule has 0 saturated carbocycles. The summed E-state index contributed by atoms with van der Waals surface area (Å²) in [5.41, 5.74) is 1.21. The average molecular weight is 192 g/mol. The molecule has 2 rings (SSSR count). The smallest absolute Gasteiger partial charge is 0.0552 e. The SMILES string of the molecule is CC(O)Cc1ccc2ccsc2c1. The Kier molecular flexibility index (Phi) is 2.34. The molecule has 1 aromatic carbocycles. The molecule has 1 aromatic heterocycles. The number of thiophene rings is 1. The maximum atomic E-state index is 9.23. The molecule has 0 saturated heterocycles. The lowest BCUT2D eigenvalue weighted by molar-refractivity contribution is 0.195. The number of rotatable bonds is 2. The molecule has 0 bridgehead atoms. The summed E-state index contributed by atoms with van der Waals surface area (Å²) in [7, 11) is 0. The van der Waals surface area contributed by atoms with Crippen LogP contribution in [-0.4, -0.2) is 11.2 Å². The van der Waals surface area contributed by atoms with E-state index in [0.717, 1.165) is 6.42 Å². The van der Waals surface area contributed by atoms with E-state index in [1.54, 1.807) is 11.3 Å². The van der Waals surface area contributed by atoms with E-state index in [0.29, 0.717) is 0 Å². The molecule has 1 nitrogen and oxygen atoms in total. The van der Waals surface area contributed by atoms with Crippen LogP contribution in [0.5, 0.6) is 0 Å². The molecule has 1 unspecified atom stereocenters. The van der Waals surface area contributed by atoms with Crippen LogP contribution in [0, 0.1) is 0 Å². The Hall–Kier alpha value is -0.860. The fourth-order valence-electron chi connectivity index (χ4n) is 1.47. The average Bonchev–Trinajstić information content (AvgIpc) is 2.49. The van der Waals surface area contributed by atoms with Crippen LogP contribution in [0.25, 0.3) is 10.1 Å². The second kappa shape index (κ2) is 3.48. The summed E-state index contributed by atoms with van der Waals surface area (Å²) in [5.74, 6) is 0. The number of fused-ring (bicyclic) bond motifs is 1. The lowest BCUT2D eigenvalue weighted by Gasteiger charge is -2.03. The summed E-state index contributed by atoms with van der Waals surface area (Å²) in [4.78, 5) is 0. The van der Waals surface area contributed by atoms with Crippen molar-refractivity contribution in [2.75, 3.05) is 0 Å². The Labute approximate surface area is 81.6 Å². The minimum Gasteiger partial charge on any atom is -0.393 e. The third-order valence-electron chi connectivity index (χ3n) is 2.05. The highest BCUT2D eigenvalue weighted by atomic mass is 32.1. The van der Waals surface area contributed by atoms with Crippen LogP contribution in [0.1, 0.15) is 12.5 Å².